The maximum Gasteiger partial charge on any atom is 0.343 e. The summed E-state index contributed by atoms with van der Waals surface area (Å²) in [5, 5.41) is 1.20. The molecule has 4 heterocycles. The van der Waals surface area contributed by atoms with Crippen LogP contribution in [0.1, 0.15) is 52.0 Å². The molecule has 3 aliphatic heterocycles. The third kappa shape index (κ3) is 3.87. The van der Waals surface area contributed by atoms with Crippen LogP contribution >= 0.6 is 0 Å². The zero-order chi connectivity index (χ0) is 34.0. The minimum absolute atomic E-state index is 0.152. The molecule has 0 N–H and O–H groups in total. The van der Waals surface area contributed by atoms with Gasteiger partial charge in [0.1, 0.15) is 17.1 Å². The topological polar surface area (TPSA) is 51.7 Å². The minimum atomic E-state index is -2.17. The molecule has 0 amide bonds. The lowest BCUT2D eigenvalue weighted by molar-refractivity contribution is 0.0220. The predicted molar refractivity (Wildman–Crippen MR) is 176 cm³/mol. The number of pyridine rings is 1. The van der Waals surface area contributed by atoms with Crippen LogP contribution < -0.4 is 9.64 Å². The Balaban J connectivity index is 1.26. The third-order valence-corrected chi connectivity index (χ3v) is 10.1. The SMILES string of the molecule is Cc1cnccc1-c1ccc2c(c1)C(C)(C)CN2c1ccc2c(c1)Oc1ccc3ccccc3c1C21OC(=O)c2c(F)c(F)c(F)c(F)c21. The minimum Gasteiger partial charge on any atom is -0.456 e. The van der Waals surface area contributed by atoms with Crippen molar-refractivity contribution in [2.24, 2.45) is 0 Å². The van der Waals surface area contributed by atoms with Gasteiger partial charge in [-0.15, -0.1) is 0 Å². The van der Waals surface area contributed by atoms with Crippen LogP contribution in [-0.2, 0) is 15.8 Å². The Kier molecular flexibility index (Phi) is 5.96. The normalized spacial score (nSPS) is 18.2. The quantitative estimate of drug-likeness (QED) is 0.0803. The molecule has 0 saturated heterocycles. The standard InChI is InChI=1S/C40H26F4N2O3/c1-20-18-45-15-14-24(20)22-8-12-28-27(16-22)39(2,3)19-46(28)23-10-11-26-30(17-23)48-29-13-9-21-6-4-5-7-25(21)32(29)40(26)33-31(38(47)49-40)34(41)36(43)37(44)35(33)42/h4-18H,19H2,1-3H3. The smallest absolute Gasteiger partial charge is 0.343 e. The molecule has 49 heavy (non-hydrogen) atoms. The molecule has 0 fully saturated rings. The molecular weight excluding hydrogens is 632 g/mol. The average Bonchev–Trinajstić information content (AvgIpc) is 3.55. The number of carbonyl (C=O) groups is 1. The number of aromatic nitrogens is 1. The van der Waals surface area contributed by atoms with E-state index in [1.54, 1.807) is 60.8 Å². The summed E-state index contributed by atoms with van der Waals surface area (Å²) in [5.74, 6) is -8.53. The van der Waals surface area contributed by atoms with Gasteiger partial charge in [-0.05, 0) is 76.3 Å². The summed E-state index contributed by atoms with van der Waals surface area (Å²) in [6, 6.07) is 24.0. The van der Waals surface area contributed by atoms with Crippen molar-refractivity contribution >= 4 is 28.1 Å². The molecule has 0 radical (unpaired) electrons. The van der Waals surface area contributed by atoms with Gasteiger partial charge >= 0.3 is 5.97 Å². The second kappa shape index (κ2) is 9.92. The van der Waals surface area contributed by atoms with E-state index in [0.717, 1.165) is 33.6 Å². The largest absolute Gasteiger partial charge is 0.456 e. The van der Waals surface area contributed by atoms with Crippen LogP contribution in [0.3, 0.4) is 0 Å². The molecule has 3 aliphatic rings. The number of nitrogens with zero attached hydrogens (tertiary/aromatic N) is 2. The number of anilines is 2. The highest BCUT2D eigenvalue weighted by molar-refractivity contribution is 6.00. The molecule has 0 bridgehead atoms. The van der Waals surface area contributed by atoms with Gasteiger partial charge in [0.15, 0.2) is 28.9 Å². The van der Waals surface area contributed by atoms with Crippen LogP contribution in [0, 0.1) is 30.2 Å². The fraction of sp³-hybridized carbons (Fsp3) is 0.150. The van der Waals surface area contributed by atoms with Gasteiger partial charge in [-0.1, -0.05) is 50.2 Å². The summed E-state index contributed by atoms with van der Waals surface area (Å²) >= 11 is 0. The molecule has 1 aromatic heterocycles. The molecule has 1 atom stereocenters. The highest BCUT2D eigenvalue weighted by Crippen LogP contribution is 2.60. The van der Waals surface area contributed by atoms with E-state index in [4.69, 9.17) is 9.47 Å². The Bertz CT molecular complexity index is 2460. The van der Waals surface area contributed by atoms with Gasteiger partial charge in [-0.25, -0.2) is 22.4 Å². The van der Waals surface area contributed by atoms with Crippen LogP contribution in [0.25, 0.3) is 21.9 Å². The molecule has 242 valence electrons. The lowest BCUT2D eigenvalue weighted by atomic mass is 9.75. The Morgan fingerprint density at radius 3 is 2.41 bits per heavy atom. The van der Waals surface area contributed by atoms with Crippen LogP contribution in [-0.4, -0.2) is 17.5 Å². The first-order valence-corrected chi connectivity index (χ1v) is 15.8. The van der Waals surface area contributed by atoms with Crippen LogP contribution in [0.15, 0.2) is 91.3 Å². The second-order valence-electron chi connectivity index (χ2n) is 13.4. The summed E-state index contributed by atoms with van der Waals surface area (Å²) in [4.78, 5) is 19.8. The van der Waals surface area contributed by atoms with Crippen molar-refractivity contribution < 1.29 is 31.8 Å². The van der Waals surface area contributed by atoms with Gasteiger partial charge in [0.2, 0.25) is 0 Å². The fourth-order valence-electron chi connectivity index (χ4n) is 7.84. The first-order valence-electron chi connectivity index (χ1n) is 15.8. The molecule has 0 aliphatic carbocycles. The van der Waals surface area contributed by atoms with Crippen molar-refractivity contribution in [2.75, 3.05) is 11.4 Å². The number of hydrogen-bond acceptors (Lipinski definition) is 5. The number of ether oxygens (including phenoxy) is 2. The summed E-state index contributed by atoms with van der Waals surface area (Å²) in [7, 11) is 0. The molecule has 5 nitrogen and oxygen atoms in total. The van der Waals surface area contributed by atoms with Crippen molar-refractivity contribution in [1.29, 1.82) is 0 Å². The predicted octanol–water partition coefficient (Wildman–Crippen LogP) is 9.76. The molecule has 5 aromatic carbocycles. The maximum atomic E-state index is 16.0. The van der Waals surface area contributed by atoms with Gasteiger partial charge in [-0.2, -0.15) is 0 Å². The van der Waals surface area contributed by atoms with Crippen molar-refractivity contribution in [3.63, 3.8) is 0 Å². The lowest BCUT2D eigenvalue weighted by Crippen LogP contribution is -2.34. The summed E-state index contributed by atoms with van der Waals surface area (Å²) < 4.78 is 73.3. The Hall–Kier alpha value is -5.70. The number of benzene rings is 5. The Labute approximate surface area is 278 Å². The summed E-state index contributed by atoms with van der Waals surface area (Å²) in [5.41, 5.74) is 2.31. The van der Waals surface area contributed by atoms with Gasteiger partial charge in [-0.3, -0.25) is 4.98 Å². The van der Waals surface area contributed by atoms with E-state index in [-0.39, 0.29) is 28.0 Å². The lowest BCUT2D eigenvalue weighted by Gasteiger charge is -2.38. The van der Waals surface area contributed by atoms with E-state index in [9.17, 15) is 9.18 Å². The molecule has 1 unspecified atom stereocenters. The first-order chi connectivity index (χ1) is 23.5. The number of aryl methyl sites for hydroxylation is 1. The number of halogens is 4. The van der Waals surface area contributed by atoms with Crippen molar-refractivity contribution in [2.45, 2.75) is 31.8 Å². The second-order valence-corrected chi connectivity index (χ2v) is 13.4. The highest BCUT2D eigenvalue weighted by Gasteiger charge is 2.58. The molecule has 9 rings (SSSR count). The number of esters is 1. The van der Waals surface area contributed by atoms with Crippen molar-refractivity contribution in [3.05, 3.63) is 148 Å². The van der Waals surface area contributed by atoms with Crippen molar-refractivity contribution in [1.82, 2.24) is 4.98 Å². The average molecular weight is 659 g/mol. The molecular formula is C40H26F4N2O3. The molecule has 0 saturated carbocycles. The monoisotopic (exact) mass is 658 g/mol. The van der Waals surface area contributed by atoms with Gasteiger partial charge < -0.3 is 14.4 Å². The van der Waals surface area contributed by atoms with E-state index in [1.165, 1.54) is 0 Å². The zero-order valence-corrected chi connectivity index (χ0v) is 26.5. The van der Waals surface area contributed by atoms with E-state index in [0.29, 0.717) is 17.3 Å². The van der Waals surface area contributed by atoms with E-state index < -0.39 is 46.0 Å². The van der Waals surface area contributed by atoms with Gasteiger partial charge in [0.05, 0.1) is 11.1 Å². The summed E-state index contributed by atoms with van der Waals surface area (Å²) in [6.45, 7) is 6.98. The maximum absolute atomic E-state index is 16.0. The highest BCUT2D eigenvalue weighted by atomic mass is 19.2. The van der Waals surface area contributed by atoms with Crippen molar-refractivity contribution in [3.8, 4) is 22.6 Å². The summed E-state index contributed by atoms with van der Waals surface area (Å²) in [6.07, 6.45) is 3.62. The Morgan fingerprint density at radius 2 is 1.59 bits per heavy atom. The van der Waals surface area contributed by atoms with Crippen LogP contribution in [0.4, 0.5) is 28.9 Å². The third-order valence-electron chi connectivity index (χ3n) is 10.1. The fourth-order valence-corrected chi connectivity index (χ4v) is 7.84. The first kappa shape index (κ1) is 29.4. The number of fused-ring (bicyclic) bond motifs is 9. The van der Waals surface area contributed by atoms with Gasteiger partial charge in [0, 0.05) is 47.4 Å². The number of rotatable bonds is 2. The molecule has 1 spiro atoms. The van der Waals surface area contributed by atoms with E-state index in [2.05, 4.69) is 41.9 Å². The van der Waals surface area contributed by atoms with E-state index in [1.807, 2.05) is 19.2 Å². The van der Waals surface area contributed by atoms with Crippen LogP contribution in [0.2, 0.25) is 0 Å². The Morgan fingerprint density at radius 1 is 0.796 bits per heavy atom. The number of hydrogen-bond donors (Lipinski definition) is 0. The van der Waals surface area contributed by atoms with Gasteiger partial charge in [0.25, 0.3) is 0 Å². The number of carbonyl (C=O) groups excluding carboxylic acids is 1. The molecule has 6 aromatic rings. The molecule has 9 heteroatoms. The van der Waals surface area contributed by atoms with Crippen LogP contribution in [0.5, 0.6) is 11.5 Å². The van der Waals surface area contributed by atoms with E-state index >= 15 is 13.2 Å². The zero-order valence-electron chi connectivity index (χ0n) is 26.5.